The van der Waals surface area contributed by atoms with E-state index in [9.17, 15) is 21.6 Å². The number of alkyl halides is 3. The lowest BCUT2D eigenvalue weighted by atomic mass is 10.2. The molecule has 0 unspecified atom stereocenters. The van der Waals surface area contributed by atoms with Crippen LogP contribution in [0, 0.1) is 0 Å². The molecule has 0 heterocycles. The Hall–Kier alpha value is -0.640. The third-order valence-corrected chi connectivity index (χ3v) is 4.63. The van der Waals surface area contributed by atoms with Gasteiger partial charge in [0.1, 0.15) is 0 Å². The maximum atomic E-state index is 12.7. The molecule has 0 spiro atoms. The van der Waals surface area contributed by atoms with E-state index in [0.717, 1.165) is 12.1 Å². The van der Waals surface area contributed by atoms with Crippen LogP contribution in [0.25, 0.3) is 0 Å². The zero-order chi connectivity index (χ0) is 15.4. The van der Waals surface area contributed by atoms with Gasteiger partial charge in [0, 0.05) is 11.0 Å². The highest BCUT2D eigenvalue weighted by Gasteiger charge is 2.34. The van der Waals surface area contributed by atoms with Crippen molar-refractivity contribution >= 4 is 26.0 Å². The Bertz CT molecular complexity index is 561. The monoisotopic (exact) mass is 374 g/mol. The summed E-state index contributed by atoms with van der Waals surface area (Å²) in [6.07, 6.45) is -3.46. The molecule has 0 saturated heterocycles. The molecule has 3 N–H and O–H groups in total. The van der Waals surface area contributed by atoms with Gasteiger partial charge in [0.05, 0.1) is 10.5 Å². The van der Waals surface area contributed by atoms with Crippen LogP contribution in [-0.2, 0) is 16.2 Å². The molecular formula is C11H14BrF3N2O2S. The van der Waals surface area contributed by atoms with Crippen molar-refractivity contribution in [3.05, 3.63) is 28.2 Å². The van der Waals surface area contributed by atoms with E-state index in [4.69, 9.17) is 5.73 Å². The molecule has 0 radical (unpaired) electrons. The predicted octanol–water partition coefficient (Wildman–Crippen LogP) is 2.49. The molecule has 0 fully saturated rings. The van der Waals surface area contributed by atoms with Crippen molar-refractivity contribution < 1.29 is 21.6 Å². The third kappa shape index (κ3) is 4.72. The quantitative estimate of drug-likeness (QED) is 0.751. The van der Waals surface area contributed by atoms with Crippen molar-refractivity contribution in [1.82, 2.24) is 4.72 Å². The summed E-state index contributed by atoms with van der Waals surface area (Å²) >= 11 is 2.76. The average molecular weight is 375 g/mol. The van der Waals surface area contributed by atoms with Gasteiger partial charge in [0.15, 0.2) is 0 Å². The SMILES string of the molecule is NCCCCNS(=O)(=O)c1ccc(Br)c(C(F)(F)F)c1. The van der Waals surface area contributed by atoms with E-state index in [1.165, 1.54) is 0 Å². The molecule has 0 saturated carbocycles. The molecule has 0 aliphatic heterocycles. The van der Waals surface area contributed by atoms with Crippen molar-refractivity contribution in [2.45, 2.75) is 23.9 Å². The second-order valence-corrected chi connectivity index (χ2v) is 6.65. The number of halogens is 4. The van der Waals surface area contributed by atoms with E-state index in [0.29, 0.717) is 25.5 Å². The fraction of sp³-hybridized carbons (Fsp3) is 0.455. The second-order valence-electron chi connectivity index (χ2n) is 4.03. The zero-order valence-electron chi connectivity index (χ0n) is 10.4. The first-order chi connectivity index (χ1) is 9.18. The van der Waals surface area contributed by atoms with E-state index in [1.54, 1.807) is 0 Å². The number of hydrogen-bond donors (Lipinski definition) is 2. The van der Waals surface area contributed by atoms with E-state index >= 15 is 0 Å². The topological polar surface area (TPSA) is 72.2 Å². The highest BCUT2D eigenvalue weighted by Crippen LogP contribution is 2.36. The minimum Gasteiger partial charge on any atom is -0.330 e. The summed E-state index contributed by atoms with van der Waals surface area (Å²) in [5.41, 5.74) is 4.24. The normalized spacial score (nSPS) is 12.7. The van der Waals surface area contributed by atoms with Crippen LogP contribution in [0.1, 0.15) is 18.4 Å². The fourth-order valence-electron chi connectivity index (χ4n) is 1.45. The van der Waals surface area contributed by atoms with Gasteiger partial charge in [-0.05, 0) is 37.6 Å². The minimum absolute atomic E-state index is 0.136. The number of nitrogens with two attached hydrogens (primary N) is 1. The van der Waals surface area contributed by atoms with Crippen LogP contribution in [0.4, 0.5) is 13.2 Å². The molecular weight excluding hydrogens is 361 g/mol. The first-order valence-electron chi connectivity index (χ1n) is 5.75. The molecule has 20 heavy (non-hydrogen) atoms. The standard InChI is InChI=1S/C11H14BrF3N2O2S/c12-10-4-3-8(7-9(10)11(13,14)15)20(18,19)17-6-2-1-5-16/h3-4,7,17H,1-2,5-6,16H2. The molecule has 114 valence electrons. The van der Waals surface area contributed by atoms with Crippen LogP contribution in [0.5, 0.6) is 0 Å². The summed E-state index contributed by atoms with van der Waals surface area (Å²) in [4.78, 5) is -0.416. The van der Waals surface area contributed by atoms with Crippen LogP contribution >= 0.6 is 15.9 Å². The third-order valence-electron chi connectivity index (χ3n) is 2.48. The Kier molecular flexibility index (Phi) is 5.99. The molecule has 0 atom stereocenters. The highest BCUT2D eigenvalue weighted by atomic mass is 79.9. The molecule has 4 nitrogen and oxygen atoms in total. The number of hydrogen-bond acceptors (Lipinski definition) is 3. The summed E-state index contributed by atoms with van der Waals surface area (Å²) in [5, 5.41) is 0. The number of unbranched alkanes of at least 4 members (excludes halogenated alkanes) is 1. The van der Waals surface area contributed by atoms with Crippen LogP contribution in [-0.4, -0.2) is 21.5 Å². The van der Waals surface area contributed by atoms with Gasteiger partial charge in [-0.1, -0.05) is 15.9 Å². The number of sulfonamides is 1. The van der Waals surface area contributed by atoms with Crippen LogP contribution in [0.15, 0.2) is 27.6 Å². The Morgan fingerprint density at radius 1 is 1.25 bits per heavy atom. The van der Waals surface area contributed by atoms with Crippen molar-refractivity contribution in [3.63, 3.8) is 0 Å². The van der Waals surface area contributed by atoms with Crippen LogP contribution in [0.3, 0.4) is 0 Å². The van der Waals surface area contributed by atoms with E-state index < -0.39 is 26.7 Å². The predicted molar refractivity (Wildman–Crippen MR) is 72.6 cm³/mol. The minimum atomic E-state index is -4.62. The number of benzene rings is 1. The van der Waals surface area contributed by atoms with Crippen LogP contribution < -0.4 is 10.5 Å². The van der Waals surface area contributed by atoms with Crippen molar-refractivity contribution in [1.29, 1.82) is 0 Å². The summed E-state index contributed by atoms with van der Waals surface area (Å²) in [6.45, 7) is 0.565. The number of rotatable bonds is 6. The lowest BCUT2D eigenvalue weighted by Gasteiger charge is -2.12. The van der Waals surface area contributed by atoms with Gasteiger partial charge in [0.2, 0.25) is 10.0 Å². The number of nitrogens with one attached hydrogen (secondary N) is 1. The zero-order valence-corrected chi connectivity index (χ0v) is 12.8. The summed E-state index contributed by atoms with van der Waals surface area (Å²) < 4.78 is 63.9. The first-order valence-corrected chi connectivity index (χ1v) is 8.02. The summed E-state index contributed by atoms with van der Waals surface area (Å²) in [6, 6.07) is 2.79. The Balaban J connectivity index is 2.96. The van der Waals surface area contributed by atoms with Gasteiger partial charge in [0.25, 0.3) is 0 Å². The Labute approximate surface area is 123 Å². The lowest BCUT2D eigenvalue weighted by molar-refractivity contribution is -0.138. The van der Waals surface area contributed by atoms with Crippen molar-refractivity contribution in [2.75, 3.05) is 13.1 Å². The molecule has 0 aliphatic rings. The highest BCUT2D eigenvalue weighted by molar-refractivity contribution is 9.10. The Morgan fingerprint density at radius 2 is 1.90 bits per heavy atom. The molecule has 9 heteroatoms. The maximum absolute atomic E-state index is 12.7. The molecule has 1 rings (SSSR count). The Morgan fingerprint density at radius 3 is 2.45 bits per heavy atom. The molecule has 0 aromatic heterocycles. The van der Waals surface area contributed by atoms with Crippen molar-refractivity contribution in [2.24, 2.45) is 5.73 Å². The maximum Gasteiger partial charge on any atom is 0.417 e. The van der Waals surface area contributed by atoms with Gasteiger partial charge < -0.3 is 5.73 Å². The molecule has 0 amide bonds. The van der Waals surface area contributed by atoms with Gasteiger partial charge in [-0.3, -0.25) is 0 Å². The molecule has 1 aromatic carbocycles. The first kappa shape index (κ1) is 17.4. The van der Waals surface area contributed by atoms with E-state index in [1.807, 2.05) is 0 Å². The van der Waals surface area contributed by atoms with Gasteiger partial charge in [-0.15, -0.1) is 0 Å². The van der Waals surface area contributed by atoms with Crippen molar-refractivity contribution in [3.8, 4) is 0 Å². The lowest BCUT2D eigenvalue weighted by Crippen LogP contribution is -2.25. The van der Waals surface area contributed by atoms with Gasteiger partial charge >= 0.3 is 6.18 Å². The summed E-state index contributed by atoms with van der Waals surface area (Å²) in [7, 11) is -3.95. The fourth-order valence-corrected chi connectivity index (χ4v) is 3.02. The second kappa shape index (κ2) is 6.88. The van der Waals surface area contributed by atoms with Gasteiger partial charge in [-0.25, -0.2) is 13.1 Å². The molecule has 0 bridgehead atoms. The van der Waals surface area contributed by atoms with E-state index in [-0.39, 0.29) is 11.0 Å². The van der Waals surface area contributed by atoms with Gasteiger partial charge in [-0.2, -0.15) is 13.2 Å². The summed E-state index contributed by atoms with van der Waals surface area (Å²) in [5.74, 6) is 0. The largest absolute Gasteiger partial charge is 0.417 e. The average Bonchev–Trinajstić information content (AvgIpc) is 2.33. The molecule has 1 aromatic rings. The smallest absolute Gasteiger partial charge is 0.330 e. The van der Waals surface area contributed by atoms with Crippen LogP contribution in [0.2, 0.25) is 0 Å². The van der Waals surface area contributed by atoms with E-state index in [2.05, 4.69) is 20.7 Å². The molecule has 0 aliphatic carbocycles.